The van der Waals surface area contributed by atoms with E-state index in [2.05, 4.69) is 24.0 Å². The molecule has 0 fully saturated rings. The third-order valence-electron chi connectivity index (χ3n) is 3.94. The van der Waals surface area contributed by atoms with Crippen LogP contribution in [0.4, 0.5) is 10.6 Å². The van der Waals surface area contributed by atoms with E-state index in [0.717, 1.165) is 17.0 Å². The van der Waals surface area contributed by atoms with Crippen molar-refractivity contribution in [1.82, 2.24) is 10.2 Å². The minimum absolute atomic E-state index is 0.367. The molecule has 0 radical (unpaired) electrons. The van der Waals surface area contributed by atoms with Gasteiger partial charge in [-0.3, -0.25) is 10.00 Å². The molecule has 7 heteroatoms. The highest BCUT2D eigenvalue weighted by atomic mass is 35.5. The number of H-pyrrole nitrogens is 1. The van der Waals surface area contributed by atoms with E-state index >= 15 is 0 Å². The van der Waals surface area contributed by atoms with Crippen LogP contribution in [-0.2, 0) is 6.42 Å². The maximum absolute atomic E-state index is 11.9. The van der Waals surface area contributed by atoms with Crippen molar-refractivity contribution in [2.24, 2.45) is 5.92 Å². The molecule has 2 rings (SSSR count). The number of aryl methyl sites for hydroxylation is 1. The second-order valence-corrected chi connectivity index (χ2v) is 7.91. The first-order valence-corrected chi connectivity index (χ1v) is 8.94. The lowest BCUT2D eigenvalue weighted by atomic mass is 9.92. The minimum Gasteiger partial charge on any atom is -0.493 e. The summed E-state index contributed by atoms with van der Waals surface area (Å²) in [5, 5.41) is 17.3. The Morgan fingerprint density at radius 3 is 2.62 bits per heavy atom. The molecule has 1 amide bonds. The molecule has 142 valence electrons. The Balaban J connectivity index is 2.34. The number of benzene rings is 1. The van der Waals surface area contributed by atoms with Gasteiger partial charge in [-0.2, -0.15) is 5.10 Å². The van der Waals surface area contributed by atoms with E-state index in [4.69, 9.17) is 16.3 Å². The van der Waals surface area contributed by atoms with Crippen molar-refractivity contribution in [2.75, 3.05) is 11.5 Å². The van der Waals surface area contributed by atoms with Gasteiger partial charge in [0.1, 0.15) is 5.75 Å². The summed E-state index contributed by atoms with van der Waals surface area (Å²) in [6.45, 7) is 10.3. The molecule has 1 aromatic carbocycles. The Kier molecular flexibility index (Phi) is 6.18. The maximum Gasteiger partial charge on any atom is 0.413 e. The van der Waals surface area contributed by atoms with Gasteiger partial charge in [-0.25, -0.2) is 4.79 Å². The zero-order chi connectivity index (χ0) is 19.5. The Morgan fingerprint density at radius 1 is 1.38 bits per heavy atom. The first-order chi connectivity index (χ1) is 12.1. The summed E-state index contributed by atoms with van der Waals surface area (Å²) in [6.07, 6.45) is -0.632. The van der Waals surface area contributed by atoms with Crippen molar-refractivity contribution in [3.05, 3.63) is 40.5 Å². The first-order valence-electron chi connectivity index (χ1n) is 8.56. The zero-order valence-electron chi connectivity index (χ0n) is 15.8. The van der Waals surface area contributed by atoms with E-state index in [1.807, 2.05) is 32.9 Å². The first kappa shape index (κ1) is 20.1. The number of ether oxygens (including phenoxy) is 1. The van der Waals surface area contributed by atoms with Crippen LogP contribution in [0, 0.1) is 12.8 Å². The number of hydrogen-bond acceptors (Lipinski definition) is 3. The Bertz CT molecular complexity index is 771. The second-order valence-electron chi connectivity index (χ2n) is 7.47. The van der Waals surface area contributed by atoms with Crippen LogP contribution in [0.3, 0.4) is 0 Å². The average Bonchev–Trinajstić information content (AvgIpc) is 2.90. The standard InChI is InChI=1S/C19H26ClN3O3/c1-12(2)11-26-16-7-6-15(20)9-14(16)10-19(4,5)23(18(24)25)17-8-13(3)21-22-17/h6-9,12H,10-11H2,1-5H3,(H,21,22)(H,24,25). The molecule has 1 heterocycles. The summed E-state index contributed by atoms with van der Waals surface area (Å²) in [6, 6.07) is 7.15. The number of aromatic amines is 1. The predicted octanol–water partition coefficient (Wildman–Crippen LogP) is 4.91. The normalized spacial score (nSPS) is 11.7. The Morgan fingerprint density at radius 2 is 2.08 bits per heavy atom. The lowest BCUT2D eigenvalue weighted by Gasteiger charge is -2.35. The smallest absolute Gasteiger partial charge is 0.413 e. The van der Waals surface area contributed by atoms with Gasteiger partial charge in [0.25, 0.3) is 0 Å². The van der Waals surface area contributed by atoms with E-state index in [1.165, 1.54) is 4.90 Å². The number of hydrogen-bond donors (Lipinski definition) is 2. The fourth-order valence-corrected chi connectivity index (χ4v) is 3.01. The molecule has 0 aliphatic carbocycles. The number of nitrogens with zero attached hydrogens (tertiary/aromatic N) is 2. The molecule has 0 unspecified atom stereocenters. The van der Waals surface area contributed by atoms with Crippen LogP contribution in [0.2, 0.25) is 5.02 Å². The van der Waals surface area contributed by atoms with Gasteiger partial charge in [0.2, 0.25) is 0 Å². The van der Waals surface area contributed by atoms with Crippen molar-refractivity contribution >= 4 is 23.5 Å². The van der Waals surface area contributed by atoms with Crippen molar-refractivity contribution in [1.29, 1.82) is 0 Å². The SMILES string of the molecule is Cc1cc(N(C(=O)O)C(C)(C)Cc2cc(Cl)ccc2OCC(C)C)n[nH]1. The number of carboxylic acid groups (broad SMARTS) is 1. The number of carbonyl (C=O) groups is 1. The molecule has 0 aliphatic heterocycles. The molecule has 0 saturated heterocycles. The fraction of sp³-hybridized carbons (Fsp3) is 0.474. The van der Waals surface area contributed by atoms with Crippen molar-refractivity contribution in [3.63, 3.8) is 0 Å². The molecule has 0 aliphatic rings. The largest absolute Gasteiger partial charge is 0.493 e. The van der Waals surface area contributed by atoms with Crippen LogP contribution in [0.15, 0.2) is 24.3 Å². The van der Waals surface area contributed by atoms with Gasteiger partial charge in [-0.15, -0.1) is 0 Å². The molecule has 1 aromatic heterocycles. The number of anilines is 1. The minimum atomic E-state index is -1.06. The summed E-state index contributed by atoms with van der Waals surface area (Å²) in [7, 11) is 0. The number of aromatic nitrogens is 2. The summed E-state index contributed by atoms with van der Waals surface area (Å²) in [5.41, 5.74) is 0.904. The van der Waals surface area contributed by atoms with Gasteiger partial charge in [0.05, 0.1) is 12.1 Å². The van der Waals surface area contributed by atoms with Gasteiger partial charge in [0, 0.05) is 16.8 Å². The molecule has 26 heavy (non-hydrogen) atoms. The summed E-state index contributed by atoms with van der Waals surface area (Å²) < 4.78 is 5.90. The third kappa shape index (κ3) is 4.91. The van der Waals surface area contributed by atoms with Crippen LogP contribution in [0.25, 0.3) is 0 Å². The van der Waals surface area contributed by atoms with Crippen molar-refractivity contribution < 1.29 is 14.6 Å². The lowest BCUT2D eigenvalue weighted by molar-refractivity contribution is 0.193. The van der Waals surface area contributed by atoms with Crippen LogP contribution in [0.1, 0.15) is 39.0 Å². The van der Waals surface area contributed by atoms with E-state index < -0.39 is 11.6 Å². The molecular weight excluding hydrogens is 354 g/mol. The number of rotatable bonds is 7. The van der Waals surface area contributed by atoms with Gasteiger partial charge < -0.3 is 9.84 Å². The highest BCUT2D eigenvalue weighted by Crippen LogP contribution is 2.32. The molecule has 2 aromatic rings. The molecule has 0 bridgehead atoms. The van der Waals surface area contributed by atoms with Crippen LogP contribution >= 0.6 is 11.6 Å². The zero-order valence-corrected chi connectivity index (χ0v) is 16.6. The molecule has 0 saturated carbocycles. The number of amides is 1. The average molecular weight is 380 g/mol. The molecule has 0 atom stereocenters. The molecule has 0 spiro atoms. The molecule has 2 N–H and O–H groups in total. The lowest BCUT2D eigenvalue weighted by Crippen LogP contribution is -2.49. The highest BCUT2D eigenvalue weighted by Gasteiger charge is 2.35. The van der Waals surface area contributed by atoms with Gasteiger partial charge in [0.15, 0.2) is 5.82 Å². The predicted molar refractivity (Wildman–Crippen MR) is 103 cm³/mol. The van der Waals surface area contributed by atoms with Gasteiger partial charge in [-0.1, -0.05) is 25.4 Å². The summed E-state index contributed by atoms with van der Waals surface area (Å²) >= 11 is 6.17. The van der Waals surface area contributed by atoms with E-state index in [-0.39, 0.29) is 0 Å². The van der Waals surface area contributed by atoms with Crippen LogP contribution in [-0.4, -0.2) is 33.5 Å². The van der Waals surface area contributed by atoms with Crippen molar-refractivity contribution in [2.45, 2.75) is 46.6 Å². The van der Waals surface area contributed by atoms with Gasteiger partial charge >= 0.3 is 6.09 Å². The quantitative estimate of drug-likeness (QED) is 0.716. The van der Waals surface area contributed by atoms with Crippen LogP contribution in [0.5, 0.6) is 5.75 Å². The Labute approximate surface area is 159 Å². The second kappa shape index (κ2) is 7.99. The fourth-order valence-electron chi connectivity index (χ4n) is 2.81. The molecule has 6 nitrogen and oxygen atoms in total. The van der Waals surface area contributed by atoms with Crippen molar-refractivity contribution in [3.8, 4) is 5.75 Å². The Hall–Kier alpha value is -2.21. The maximum atomic E-state index is 11.9. The highest BCUT2D eigenvalue weighted by molar-refractivity contribution is 6.30. The van der Waals surface area contributed by atoms with E-state index in [1.54, 1.807) is 12.1 Å². The monoisotopic (exact) mass is 379 g/mol. The van der Waals surface area contributed by atoms with E-state index in [9.17, 15) is 9.90 Å². The third-order valence-corrected chi connectivity index (χ3v) is 4.17. The van der Waals surface area contributed by atoms with Gasteiger partial charge in [-0.05, 0) is 56.9 Å². The topological polar surface area (TPSA) is 78.5 Å². The number of nitrogens with one attached hydrogen (secondary N) is 1. The summed E-state index contributed by atoms with van der Waals surface area (Å²) in [5.74, 6) is 1.47. The number of halogens is 1. The van der Waals surface area contributed by atoms with Crippen LogP contribution < -0.4 is 9.64 Å². The summed E-state index contributed by atoms with van der Waals surface area (Å²) in [4.78, 5) is 13.2. The van der Waals surface area contributed by atoms with E-state index in [0.29, 0.717) is 29.8 Å². The molecular formula is C19H26ClN3O3.